The lowest BCUT2D eigenvalue weighted by Gasteiger charge is -2.22. The number of aromatic nitrogens is 2. The second kappa shape index (κ2) is 5.07. The fourth-order valence-electron chi connectivity index (χ4n) is 3.64. The molecule has 0 spiro atoms. The predicted molar refractivity (Wildman–Crippen MR) is 88.9 cm³/mol. The lowest BCUT2D eigenvalue weighted by molar-refractivity contribution is 0.387. The summed E-state index contributed by atoms with van der Waals surface area (Å²) >= 11 is 9.77. The van der Waals surface area contributed by atoms with Crippen molar-refractivity contribution in [2.45, 2.75) is 0 Å². The zero-order chi connectivity index (χ0) is 14.6. The van der Waals surface area contributed by atoms with Gasteiger partial charge in [0.05, 0.1) is 5.69 Å². The van der Waals surface area contributed by atoms with Gasteiger partial charge in [0.25, 0.3) is 0 Å². The summed E-state index contributed by atoms with van der Waals surface area (Å²) in [6, 6.07) is 6.09. The van der Waals surface area contributed by atoms with Crippen LogP contribution in [0.2, 0.25) is 5.15 Å². The summed E-state index contributed by atoms with van der Waals surface area (Å²) in [5, 5.41) is 1.59. The van der Waals surface area contributed by atoms with Crippen molar-refractivity contribution in [3.8, 4) is 0 Å². The van der Waals surface area contributed by atoms with Crippen molar-refractivity contribution < 1.29 is 0 Å². The SMILES string of the molecule is CN1CC2CN(c3cc4ccc(Br)nc4nc3Cl)CC2C1. The van der Waals surface area contributed by atoms with Crippen LogP contribution in [0.4, 0.5) is 5.69 Å². The monoisotopic (exact) mass is 366 g/mol. The fourth-order valence-corrected chi connectivity index (χ4v) is 4.20. The molecule has 4 heterocycles. The van der Waals surface area contributed by atoms with Crippen LogP contribution in [0.1, 0.15) is 0 Å². The highest BCUT2D eigenvalue weighted by molar-refractivity contribution is 9.10. The van der Waals surface area contributed by atoms with Gasteiger partial charge >= 0.3 is 0 Å². The molecule has 2 aromatic rings. The van der Waals surface area contributed by atoms with E-state index in [0.29, 0.717) is 10.8 Å². The predicted octanol–water partition coefficient (Wildman–Crippen LogP) is 3.04. The standard InChI is InChI=1S/C15H16BrClN4/c1-20-5-10-7-21(8-11(10)6-20)12-4-9-2-3-13(16)18-15(9)19-14(12)17/h2-4,10-11H,5-8H2,1H3. The maximum absolute atomic E-state index is 6.40. The van der Waals surface area contributed by atoms with Gasteiger partial charge < -0.3 is 9.80 Å². The molecule has 6 heteroatoms. The largest absolute Gasteiger partial charge is 0.368 e. The molecule has 4 nitrogen and oxygen atoms in total. The highest BCUT2D eigenvalue weighted by Crippen LogP contribution is 2.36. The molecular formula is C15H16BrClN4. The molecule has 2 unspecified atom stereocenters. The van der Waals surface area contributed by atoms with E-state index in [0.717, 1.165) is 40.6 Å². The first-order chi connectivity index (χ1) is 10.1. The maximum atomic E-state index is 6.40. The summed E-state index contributed by atoms with van der Waals surface area (Å²) in [5.74, 6) is 1.51. The molecule has 0 saturated carbocycles. The van der Waals surface area contributed by atoms with E-state index in [4.69, 9.17) is 11.6 Å². The molecule has 0 aromatic carbocycles. The van der Waals surface area contributed by atoms with E-state index in [9.17, 15) is 0 Å². The van der Waals surface area contributed by atoms with Crippen molar-refractivity contribution in [2.75, 3.05) is 38.1 Å². The van der Waals surface area contributed by atoms with E-state index in [-0.39, 0.29) is 0 Å². The minimum atomic E-state index is 0.557. The van der Waals surface area contributed by atoms with E-state index in [2.05, 4.69) is 48.8 Å². The molecular weight excluding hydrogens is 352 g/mol. The number of anilines is 1. The smallest absolute Gasteiger partial charge is 0.162 e. The Labute approximate surface area is 137 Å². The fraction of sp³-hybridized carbons (Fsp3) is 0.467. The molecule has 2 aromatic heterocycles. The summed E-state index contributed by atoms with van der Waals surface area (Å²) in [4.78, 5) is 13.6. The van der Waals surface area contributed by atoms with E-state index < -0.39 is 0 Å². The van der Waals surface area contributed by atoms with Crippen molar-refractivity contribution >= 4 is 44.3 Å². The van der Waals surface area contributed by atoms with Crippen LogP contribution in [0, 0.1) is 11.8 Å². The summed E-state index contributed by atoms with van der Waals surface area (Å²) in [6.07, 6.45) is 0. The third-order valence-corrected chi connectivity index (χ3v) is 5.31. The van der Waals surface area contributed by atoms with Crippen LogP contribution in [0.3, 0.4) is 0 Å². The third-order valence-electron chi connectivity index (χ3n) is 4.59. The molecule has 2 saturated heterocycles. The molecule has 0 amide bonds. The molecule has 0 bridgehead atoms. The number of fused-ring (bicyclic) bond motifs is 2. The molecule has 2 atom stereocenters. The van der Waals surface area contributed by atoms with Crippen LogP contribution < -0.4 is 4.90 Å². The van der Waals surface area contributed by atoms with Crippen LogP contribution >= 0.6 is 27.5 Å². The van der Waals surface area contributed by atoms with Gasteiger partial charge in [-0.15, -0.1) is 0 Å². The van der Waals surface area contributed by atoms with Crippen LogP contribution in [0.5, 0.6) is 0 Å². The Balaban J connectivity index is 1.68. The highest BCUT2D eigenvalue weighted by Gasteiger charge is 2.39. The van der Waals surface area contributed by atoms with Gasteiger partial charge in [-0.1, -0.05) is 11.6 Å². The lowest BCUT2D eigenvalue weighted by atomic mass is 10.0. The first kappa shape index (κ1) is 13.7. The summed E-state index contributed by atoms with van der Waals surface area (Å²) in [5.41, 5.74) is 1.74. The molecule has 0 aliphatic carbocycles. The Morgan fingerprint density at radius 1 is 1.14 bits per heavy atom. The average Bonchev–Trinajstić information content (AvgIpc) is 2.94. The number of pyridine rings is 2. The summed E-state index contributed by atoms with van der Waals surface area (Å²) < 4.78 is 0.782. The lowest BCUT2D eigenvalue weighted by Crippen LogP contribution is -2.26. The second-order valence-electron chi connectivity index (χ2n) is 6.13. The molecule has 0 N–H and O–H groups in total. The van der Waals surface area contributed by atoms with Gasteiger partial charge in [0, 0.05) is 31.6 Å². The highest BCUT2D eigenvalue weighted by atomic mass is 79.9. The molecule has 21 heavy (non-hydrogen) atoms. The number of nitrogens with zero attached hydrogens (tertiary/aromatic N) is 4. The van der Waals surface area contributed by atoms with E-state index >= 15 is 0 Å². The van der Waals surface area contributed by atoms with Crippen LogP contribution in [0.15, 0.2) is 22.8 Å². The van der Waals surface area contributed by atoms with Crippen molar-refractivity contribution in [3.05, 3.63) is 28.0 Å². The van der Waals surface area contributed by atoms with Crippen LogP contribution in [0.25, 0.3) is 11.0 Å². The topological polar surface area (TPSA) is 32.3 Å². The number of likely N-dealkylation sites (tertiary alicyclic amines) is 1. The number of hydrogen-bond donors (Lipinski definition) is 0. The Bertz CT molecular complexity index is 693. The quantitative estimate of drug-likeness (QED) is 0.725. The number of halogens is 2. The molecule has 2 fully saturated rings. The van der Waals surface area contributed by atoms with Crippen LogP contribution in [-0.2, 0) is 0 Å². The van der Waals surface area contributed by atoms with Crippen molar-refractivity contribution in [1.29, 1.82) is 0 Å². The number of rotatable bonds is 1. The van der Waals surface area contributed by atoms with Crippen LogP contribution in [-0.4, -0.2) is 48.1 Å². The normalized spacial score (nSPS) is 25.8. The van der Waals surface area contributed by atoms with Crippen molar-refractivity contribution in [2.24, 2.45) is 11.8 Å². The summed E-state index contributed by atoms with van der Waals surface area (Å²) in [7, 11) is 2.21. The first-order valence-corrected chi connectivity index (χ1v) is 8.33. The van der Waals surface area contributed by atoms with Gasteiger partial charge in [0.2, 0.25) is 0 Å². The van der Waals surface area contributed by atoms with Gasteiger partial charge in [-0.3, -0.25) is 0 Å². The third kappa shape index (κ3) is 2.41. The van der Waals surface area contributed by atoms with Gasteiger partial charge in [-0.05, 0) is 53.0 Å². The van der Waals surface area contributed by atoms with E-state index in [1.807, 2.05) is 12.1 Å². The molecule has 4 rings (SSSR count). The molecule has 110 valence electrons. The zero-order valence-corrected chi connectivity index (χ0v) is 14.1. The van der Waals surface area contributed by atoms with Crippen molar-refractivity contribution in [3.63, 3.8) is 0 Å². The first-order valence-electron chi connectivity index (χ1n) is 7.16. The Kier molecular flexibility index (Phi) is 3.32. The minimum absolute atomic E-state index is 0.557. The number of hydrogen-bond acceptors (Lipinski definition) is 4. The second-order valence-corrected chi connectivity index (χ2v) is 7.30. The maximum Gasteiger partial charge on any atom is 0.162 e. The van der Waals surface area contributed by atoms with E-state index in [1.54, 1.807) is 0 Å². The van der Waals surface area contributed by atoms with Gasteiger partial charge in [-0.25, -0.2) is 9.97 Å². The molecule has 2 aliphatic rings. The van der Waals surface area contributed by atoms with Gasteiger partial charge in [0.1, 0.15) is 4.60 Å². The summed E-state index contributed by atoms with van der Waals surface area (Å²) in [6.45, 7) is 4.53. The Morgan fingerprint density at radius 3 is 2.57 bits per heavy atom. The van der Waals surface area contributed by atoms with E-state index in [1.165, 1.54) is 13.1 Å². The average molecular weight is 368 g/mol. The van der Waals surface area contributed by atoms with Gasteiger partial charge in [-0.2, -0.15) is 0 Å². The molecule has 2 aliphatic heterocycles. The molecule has 0 radical (unpaired) electrons. The Morgan fingerprint density at radius 2 is 1.86 bits per heavy atom. The zero-order valence-electron chi connectivity index (χ0n) is 11.8. The van der Waals surface area contributed by atoms with Crippen molar-refractivity contribution in [1.82, 2.24) is 14.9 Å². The minimum Gasteiger partial charge on any atom is -0.368 e. The van der Waals surface area contributed by atoms with Gasteiger partial charge in [0.15, 0.2) is 10.8 Å². The Hall–Kier alpha value is -0.910.